The molecule has 1 fully saturated rings. The Morgan fingerprint density at radius 2 is 1.86 bits per heavy atom. The van der Waals surface area contributed by atoms with Gasteiger partial charge in [-0.3, -0.25) is 4.79 Å². The fourth-order valence-corrected chi connectivity index (χ4v) is 5.17. The molecule has 2 aromatic carbocycles. The number of methoxy groups -OCH3 is 1. The maximum Gasteiger partial charge on any atom is 0.163 e. The van der Waals surface area contributed by atoms with E-state index in [2.05, 4.69) is 46.0 Å². The molecule has 1 aliphatic heterocycles. The molecule has 2 aliphatic rings. The van der Waals surface area contributed by atoms with Crippen molar-refractivity contribution in [1.29, 1.82) is 0 Å². The molecule has 0 saturated carbocycles. The molecule has 0 atom stereocenters. The average molecular weight is 389 g/mol. The van der Waals surface area contributed by atoms with Crippen LogP contribution in [0.2, 0.25) is 0 Å². The average Bonchev–Trinajstić information content (AvgIpc) is 3.36. The van der Waals surface area contributed by atoms with Crippen LogP contribution in [0, 0.1) is 0 Å². The topological polar surface area (TPSA) is 34.5 Å². The molecule has 0 spiro atoms. The van der Waals surface area contributed by atoms with E-state index in [1.54, 1.807) is 7.11 Å². The zero-order valence-corrected chi connectivity index (χ0v) is 17.1. The molecule has 0 radical (unpaired) electrons. The van der Waals surface area contributed by atoms with E-state index >= 15 is 0 Å². The number of piperidine rings is 1. The summed E-state index contributed by atoms with van der Waals surface area (Å²) in [6.45, 7) is 3.26. The van der Waals surface area contributed by atoms with Gasteiger partial charge in [-0.1, -0.05) is 18.2 Å². The number of benzene rings is 2. The fraction of sp³-hybridized carbons (Fsp3) is 0.400. The number of Topliss-reactive ketones (excluding diaryl/α,β-unsaturated/α-hetero) is 1. The summed E-state index contributed by atoms with van der Waals surface area (Å²) >= 11 is 0. The Kier molecular flexibility index (Phi) is 4.88. The second kappa shape index (κ2) is 7.68. The largest absolute Gasteiger partial charge is 0.496 e. The number of para-hydroxylation sites is 1. The molecular weight excluding hydrogens is 360 g/mol. The minimum absolute atomic E-state index is 0.281. The van der Waals surface area contributed by atoms with Crippen LogP contribution in [-0.2, 0) is 12.8 Å². The first-order valence-corrected chi connectivity index (χ1v) is 10.7. The van der Waals surface area contributed by atoms with E-state index in [9.17, 15) is 4.79 Å². The first kappa shape index (κ1) is 18.4. The molecule has 0 N–H and O–H groups in total. The summed E-state index contributed by atoms with van der Waals surface area (Å²) in [7, 11) is 1.73. The number of fused-ring (bicyclic) bond motifs is 2. The van der Waals surface area contributed by atoms with Crippen LogP contribution in [0.3, 0.4) is 0 Å². The van der Waals surface area contributed by atoms with E-state index < -0.39 is 0 Å². The van der Waals surface area contributed by atoms with E-state index in [0.717, 1.165) is 43.8 Å². The second-order valence-electron chi connectivity index (χ2n) is 8.30. The first-order chi connectivity index (χ1) is 14.2. The third-order valence-corrected chi connectivity index (χ3v) is 6.77. The molecule has 1 saturated heterocycles. The van der Waals surface area contributed by atoms with E-state index in [1.807, 2.05) is 12.1 Å². The van der Waals surface area contributed by atoms with Gasteiger partial charge in [-0.15, -0.1) is 0 Å². The molecule has 2 heterocycles. The number of nitrogens with zero attached hydrogens (tertiary/aromatic N) is 2. The van der Waals surface area contributed by atoms with Crippen LogP contribution < -0.4 is 4.74 Å². The lowest BCUT2D eigenvalue weighted by molar-refractivity contribution is 0.0994. The lowest BCUT2D eigenvalue weighted by Gasteiger charge is -2.33. The molecule has 5 rings (SSSR count). The standard InChI is InChI=1S/C25H28N2O2/c1-29-25-9-7-21-20(6-8-24(21)28)22(25)13-16-26-14-11-19(12-15-26)27-17-10-18-4-2-3-5-23(18)27/h2-5,7,9-10,17,19H,6,8,11-16H2,1H3. The van der Waals surface area contributed by atoms with Crippen molar-refractivity contribution < 1.29 is 9.53 Å². The van der Waals surface area contributed by atoms with Crippen molar-refractivity contribution in [1.82, 2.24) is 9.47 Å². The van der Waals surface area contributed by atoms with Crippen LogP contribution >= 0.6 is 0 Å². The predicted octanol–water partition coefficient (Wildman–Crippen LogP) is 4.66. The fourth-order valence-electron chi connectivity index (χ4n) is 5.17. The molecule has 4 heteroatoms. The molecule has 29 heavy (non-hydrogen) atoms. The van der Waals surface area contributed by atoms with Crippen LogP contribution in [0.1, 0.15) is 46.8 Å². The number of likely N-dealkylation sites (tertiary alicyclic amines) is 1. The number of rotatable bonds is 5. The van der Waals surface area contributed by atoms with Gasteiger partial charge in [-0.25, -0.2) is 0 Å². The Morgan fingerprint density at radius 1 is 1.03 bits per heavy atom. The highest BCUT2D eigenvalue weighted by atomic mass is 16.5. The number of ketones is 1. The summed E-state index contributed by atoms with van der Waals surface area (Å²) in [5.41, 5.74) is 4.73. The molecule has 3 aromatic rings. The Labute approximate surface area is 172 Å². The molecule has 4 nitrogen and oxygen atoms in total. The monoisotopic (exact) mass is 388 g/mol. The number of aromatic nitrogens is 1. The van der Waals surface area contributed by atoms with Crippen molar-refractivity contribution in [2.45, 2.75) is 38.1 Å². The van der Waals surface area contributed by atoms with Gasteiger partial charge in [0.05, 0.1) is 7.11 Å². The third kappa shape index (κ3) is 3.36. The second-order valence-corrected chi connectivity index (χ2v) is 8.30. The lowest BCUT2D eigenvalue weighted by Crippen LogP contribution is -2.36. The predicted molar refractivity (Wildman–Crippen MR) is 116 cm³/mol. The van der Waals surface area contributed by atoms with Gasteiger partial charge in [-0.2, -0.15) is 0 Å². The zero-order valence-electron chi connectivity index (χ0n) is 17.1. The van der Waals surface area contributed by atoms with Crippen molar-refractivity contribution >= 4 is 16.7 Å². The summed E-state index contributed by atoms with van der Waals surface area (Å²) in [6, 6.07) is 15.4. The first-order valence-electron chi connectivity index (χ1n) is 10.7. The quantitative estimate of drug-likeness (QED) is 0.638. The Hall–Kier alpha value is -2.59. The van der Waals surface area contributed by atoms with Crippen LogP contribution in [0.5, 0.6) is 5.75 Å². The molecule has 0 amide bonds. The van der Waals surface area contributed by atoms with Gasteiger partial charge < -0.3 is 14.2 Å². The maximum atomic E-state index is 12.1. The number of ether oxygens (including phenoxy) is 1. The van der Waals surface area contributed by atoms with Crippen molar-refractivity contribution in [3.8, 4) is 5.75 Å². The van der Waals surface area contributed by atoms with Gasteiger partial charge in [0.15, 0.2) is 5.78 Å². The van der Waals surface area contributed by atoms with E-state index in [-0.39, 0.29) is 5.78 Å². The van der Waals surface area contributed by atoms with Crippen LogP contribution in [0.15, 0.2) is 48.7 Å². The van der Waals surface area contributed by atoms with Crippen LogP contribution in [-0.4, -0.2) is 42.0 Å². The zero-order chi connectivity index (χ0) is 19.8. The summed E-state index contributed by atoms with van der Waals surface area (Å²) in [4.78, 5) is 14.7. The molecule has 1 aromatic heterocycles. The van der Waals surface area contributed by atoms with Gasteiger partial charge >= 0.3 is 0 Å². The van der Waals surface area contributed by atoms with E-state index in [1.165, 1.54) is 34.9 Å². The molecular formula is C25H28N2O2. The Balaban J connectivity index is 1.25. The molecule has 0 unspecified atom stereocenters. The van der Waals surface area contributed by atoms with Crippen LogP contribution in [0.25, 0.3) is 10.9 Å². The Morgan fingerprint density at radius 3 is 2.69 bits per heavy atom. The molecule has 150 valence electrons. The molecule has 0 bridgehead atoms. The van der Waals surface area contributed by atoms with E-state index in [0.29, 0.717) is 12.5 Å². The van der Waals surface area contributed by atoms with Crippen molar-refractivity contribution in [2.24, 2.45) is 0 Å². The van der Waals surface area contributed by atoms with Crippen molar-refractivity contribution in [2.75, 3.05) is 26.7 Å². The SMILES string of the molecule is COc1ccc2c(c1CCN1CCC(n3ccc4ccccc43)CC1)CCC2=O. The van der Waals surface area contributed by atoms with E-state index in [4.69, 9.17) is 4.74 Å². The molecule has 1 aliphatic carbocycles. The van der Waals surface area contributed by atoms with Crippen LogP contribution in [0.4, 0.5) is 0 Å². The number of hydrogen-bond acceptors (Lipinski definition) is 3. The number of carbonyl (C=O) groups excluding carboxylic acids is 1. The van der Waals surface area contributed by atoms with Crippen molar-refractivity contribution in [3.05, 3.63) is 65.4 Å². The highest BCUT2D eigenvalue weighted by Crippen LogP contribution is 2.33. The summed E-state index contributed by atoms with van der Waals surface area (Å²) in [5.74, 6) is 1.22. The minimum Gasteiger partial charge on any atom is -0.496 e. The highest BCUT2D eigenvalue weighted by molar-refractivity contribution is 6.01. The van der Waals surface area contributed by atoms with Gasteiger partial charge in [0, 0.05) is 49.4 Å². The maximum absolute atomic E-state index is 12.1. The highest BCUT2D eigenvalue weighted by Gasteiger charge is 2.26. The summed E-state index contributed by atoms with van der Waals surface area (Å²) in [6.07, 6.45) is 7.08. The van der Waals surface area contributed by atoms with Gasteiger partial charge in [0.2, 0.25) is 0 Å². The van der Waals surface area contributed by atoms with Gasteiger partial charge in [0.1, 0.15) is 5.75 Å². The number of hydrogen-bond donors (Lipinski definition) is 0. The van der Waals surface area contributed by atoms with Gasteiger partial charge in [0.25, 0.3) is 0 Å². The lowest BCUT2D eigenvalue weighted by atomic mass is 9.98. The smallest absolute Gasteiger partial charge is 0.163 e. The Bertz CT molecular complexity index is 1040. The van der Waals surface area contributed by atoms with Crippen molar-refractivity contribution in [3.63, 3.8) is 0 Å². The normalized spacial score (nSPS) is 17.8. The third-order valence-electron chi connectivity index (χ3n) is 6.77. The van der Waals surface area contributed by atoms with Gasteiger partial charge in [-0.05, 0) is 66.5 Å². The summed E-state index contributed by atoms with van der Waals surface area (Å²) in [5, 5.41) is 1.33. The number of carbonyl (C=O) groups is 1. The minimum atomic E-state index is 0.281. The summed E-state index contributed by atoms with van der Waals surface area (Å²) < 4.78 is 8.08.